The fourth-order valence-electron chi connectivity index (χ4n) is 2.62. The van der Waals surface area contributed by atoms with E-state index in [9.17, 15) is 9.59 Å². The maximum atomic E-state index is 12.1. The number of amides is 1. The Morgan fingerprint density at radius 1 is 1.24 bits per heavy atom. The molecule has 21 heavy (non-hydrogen) atoms. The van der Waals surface area contributed by atoms with Crippen LogP contribution in [0.5, 0.6) is 0 Å². The number of likely N-dealkylation sites (tertiary alicyclic amines) is 1. The maximum absolute atomic E-state index is 12.1. The molecule has 0 aromatic heterocycles. The maximum Gasteiger partial charge on any atom is 0.320 e. The highest BCUT2D eigenvalue weighted by Gasteiger charge is 2.31. The molecule has 122 valence electrons. The van der Waals surface area contributed by atoms with Gasteiger partial charge in [0.05, 0.1) is 13.2 Å². The van der Waals surface area contributed by atoms with Gasteiger partial charge in [-0.3, -0.25) is 14.5 Å². The van der Waals surface area contributed by atoms with Crippen molar-refractivity contribution in [2.45, 2.75) is 53.5 Å². The number of nitrogens with one attached hydrogen (secondary N) is 1. The molecule has 0 aromatic rings. The lowest BCUT2D eigenvalue weighted by atomic mass is 9.90. The standard InChI is InChI=1S/C16H30N2O3/c1-6-12-8-13(17-15(20)16(3,4)5)10-18(9-12)11-14(19)21-7-2/h12-13H,6-11H2,1-5H3,(H,17,20). The van der Waals surface area contributed by atoms with Crippen molar-refractivity contribution in [3.63, 3.8) is 0 Å². The van der Waals surface area contributed by atoms with Crippen molar-refractivity contribution in [3.05, 3.63) is 0 Å². The van der Waals surface area contributed by atoms with Gasteiger partial charge in [0, 0.05) is 24.5 Å². The van der Waals surface area contributed by atoms with Crippen molar-refractivity contribution in [2.24, 2.45) is 11.3 Å². The second-order valence-corrected chi connectivity index (χ2v) is 6.93. The second-order valence-electron chi connectivity index (χ2n) is 6.93. The largest absolute Gasteiger partial charge is 0.465 e. The first kappa shape index (κ1) is 18.0. The highest BCUT2D eigenvalue weighted by Crippen LogP contribution is 2.21. The topological polar surface area (TPSA) is 58.6 Å². The van der Waals surface area contributed by atoms with E-state index in [1.807, 2.05) is 27.7 Å². The lowest BCUT2D eigenvalue weighted by molar-refractivity contribution is -0.145. The van der Waals surface area contributed by atoms with Gasteiger partial charge in [-0.15, -0.1) is 0 Å². The van der Waals surface area contributed by atoms with Gasteiger partial charge >= 0.3 is 5.97 Å². The summed E-state index contributed by atoms with van der Waals surface area (Å²) in [5.74, 6) is 0.397. The molecule has 0 aromatic carbocycles. The van der Waals surface area contributed by atoms with Crippen LogP contribution in [0.25, 0.3) is 0 Å². The van der Waals surface area contributed by atoms with Crippen molar-refractivity contribution in [1.82, 2.24) is 10.2 Å². The lowest BCUT2D eigenvalue weighted by Gasteiger charge is -2.38. The van der Waals surface area contributed by atoms with Crippen molar-refractivity contribution in [1.29, 1.82) is 0 Å². The first-order chi connectivity index (χ1) is 9.76. The molecule has 1 saturated heterocycles. The summed E-state index contributed by atoms with van der Waals surface area (Å²) in [4.78, 5) is 25.9. The number of ether oxygens (including phenoxy) is 1. The van der Waals surface area contributed by atoms with Gasteiger partial charge in [0.1, 0.15) is 0 Å². The second kappa shape index (κ2) is 7.78. The first-order valence-corrected chi connectivity index (χ1v) is 7.95. The number of piperidine rings is 1. The molecule has 1 fully saturated rings. The van der Waals surface area contributed by atoms with Crippen molar-refractivity contribution >= 4 is 11.9 Å². The molecule has 0 radical (unpaired) electrons. The fraction of sp³-hybridized carbons (Fsp3) is 0.875. The monoisotopic (exact) mass is 298 g/mol. The lowest BCUT2D eigenvalue weighted by Crippen LogP contribution is -2.53. The average Bonchev–Trinajstić information content (AvgIpc) is 2.37. The predicted molar refractivity (Wildman–Crippen MR) is 82.9 cm³/mol. The minimum Gasteiger partial charge on any atom is -0.465 e. The summed E-state index contributed by atoms with van der Waals surface area (Å²) in [6.45, 7) is 12.1. The highest BCUT2D eigenvalue weighted by molar-refractivity contribution is 5.81. The normalized spacial score (nSPS) is 23.7. The molecule has 0 saturated carbocycles. The molecule has 1 N–H and O–H groups in total. The van der Waals surface area contributed by atoms with Crippen LogP contribution in [0.2, 0.25) is 0 Å². The van der Waals surface area contributed by atoms with Gasteiger partial charge in [0.25, 0.3) is 0 Å². The third-order valence-corrected chi connectivity index (χ3v) is 3.86. The Bertz CT molecular complexity index is 363. The molecule has 1 amide bonds. The van der Waals surface area contributed by atoms with Crippen LogP contribution in [0.3, 0.4) is 0 Å². The Labute approximate surface area is 128 Å². The third-order valence-electron chi connectivity index (χ3n) is 3.86. The SMILES string of the molecule is CCOC(=O)CN1CC(CC)CC(NC(=O)C(C)(C)C)C1. The van der Waals surface area contributed by atoms with Crippen LogP contribution in [-0.2, 0) is 14.3 Å². The van der Waals surface area contributed by atoms with E-state index in [1.165, 1.54) is 0 Å². The molecule has 2 unspecified atom stereocenters. The van der Waals surface area contributed by atoms with Crippen LogP contribution in [-0.4, -0.2) is 49.1 Å². The van der Waals surface area contributed by atoms with Gasteiger partial charge < -0.3 is 10.1 Å². The molecule has 0 aliphatic carbocycles. The van der Waals surface area contributed by atoms with Crippen LogP contribution in [0.1, 0.15) is 47.5 Å². The molecular weight excluding hydrogens is 268 g/mol. The van der Waals surface area contributed by atoms with E-state index < -0.39 is 0 Å². The quantitative estimate of drug-likeness (QED) is 0.787. The molecular formula is C16H30N2O3. The summed E-state index contributed by atoms with van der Waals surface area (Å²) in [7, 11) is 0. The summed E-state index contributed by atoms with van der Waals surface area (Å²) < 4.78 is 5.02. The van der Waals surface area contributed by atoms with Gasteiger partial charge in [-0.25, -0.2) is 0 Å². The van der Waals surface area contributed by atoms with E-state index in [1.54, 1.807) is 0 Å². The summed E-state index contributed by atoms with van der Waals surface area (Å²) in [6.07, 6.45) is 2.04. The first-order valence-electron chi connectivity index (χ1n) is 7.95. The van der Waals surface area contributed by atoms with E-state index in [2.05, 4.69) is 17.1 Å². The van der Waals surface area contributed by atoms with E-state index in [0.717, 1.165) is 25.9 Å². The number of carbonyl (C=O) groups is 2. The van der Waals surface area contributed by atoms with E-state index in [4.69, 9.17) is 4.74 Å². The Morgan fingerprint density at radius 2 is 1.90 bits per heavy atom. The van der Waals surface area contributed by atoms with Gasteiger partial charge in [0.15, 0.2) is 0 Å². The molecule has 1 rings (SSSR count). The number of hydrogen-bond donors (Lipinski definition) is 1. The molecule has 1 aliphatic heterocycles. The van der Waals surface area contributed by atoms with Crippen molar-refractivity contribution in [3.8, 4) is 0 Å². The van der Waals surface area contributed by atoms with Gasteiger partial charge in [0.2, 0.25) is 5.91 Å². The summed E-state index contributed by atoms with van der Waals surface area (Å²) in [6, 6.07) is 0.116. The van der Waals surface area contributed by atoms with Crippen molar-refractivity contribution < 1.29 is 14.3 Å². The Hall–Kier alpha value is -1.10. The zero-order chi connectivity index (χ0) is 16.0. The smallest absolute Gasteiger partial charge is 0.320 e. The minimum absolute atomic E-state index is 0.0698. The van der Waals surface area contributed by atoms with Crippen LogP contribution < -0.4 is 5.32 Å². The average molecular weight is 298 g/mol. The van der Waals surface area contributed by atoms with E-state index in [-0.39, 0.29) is 23.3 Å². The predicted octanol–water partition coefficient (Wildman–Crippen LogP) is 1.81. The number of carbonyl (C=O) groups excluding carboxylic acids is 2. The summed E-state index contributed by atoms with van der Waals surface area (Å²) >= 11 is 0. The van der Waals surface area contributed by atoms with Crippen LogP contribution >= 0.6 is 0 Å². The zero-order valence-electron chi connectivity index (χ0n) is 14.1. The van der Waals surface area contributed by atoms with Crippen molar-refractivity contribution in [2.75, 3.05) is 26.2 Å². The molecule has 1 aliphatic rings. The summed E-state index contributed by atoms with van der Waals surface area (Å²) in [5, 5.41) is 3.13. The van der Waals surface area contributed by atoms with Crippen LogP contribution in [0.15, 0.2) is 0 Å². The fourth-order valence-corrected chi connectivity index (χ4v) is 2.62. The Kier molecular flexibility index (Phi) is 6.65. The van der Waals surface area contributed by atoms with E-state index >= 15 is 0 Å². The molecule has 1 heterocycles. The van der Waals surface area contributed by atoms with Crippen LogP contribution in [0.4, 0.5) is 0 Å². The molecule has 5 nitrogen and oxygen atoms in total. The Balaban J connectivity index is 2.60. The molecule has 2 atom stereocenters. The van der Waals surface area contributed by atoms with Crippen LogP contribution in [0, 0.1) is 11.3 Å². The molecule has 0 bridgehead atoms. The highest BCUT2D eigenvalue weighted by atomic mass is 16.5. The van der Waals surface area contributed by atoms with Gasteiger partial charge in [-0.1, -0.05) is 34.1 Å². The minimum atomic E-state index is -0.384. The number of esters is 1. The third kappa shape index (κ3) is 6.04. The van der Waals surface area contributed by atoms with Gasteiger partial charge in [-0.05, 0) is 19.3 Å². The molecule has 5 heteroatoms. The number of nitrogens with zero attached hydrogens (tertiary/aromatic N) is 1. The number of rotatable bonds is 5. The number of hydrogen-bond acceptors (Lipinski definition) is 4. The summed E-state index contributed by atoms with van der Waals surface area (Å²) in [5.41, 5.74) is -0.384. The Morgan fingerprint density at radius 3 is 2.43 bits per heavy atom. The van der Waals surface area contributed by atoms with E-state index in [0.29, 0.717) is 19.1 Å². The molecule has 0 spiro atoms. The van der Waals surface area contributed by atoms with Gasteiger partial charge in [-0.2, -0.15) is 0 Å². The zero-order valence-corrected chi connectivity index (χ0v) is 14.1.